The van der Waals surface area contributed by atoms with Crippen molar-refractivity contribution in [1.82, 2.24) is 4.98 Å². The summed E-state index contributed by atoms with van der Waals surface area (Å²) in [4.78, 5) is 7.23. The molecule has 3 heteroatoms. The molecule has 0 aliphatic heterocycles. The summed E-state index contributed by atoms with van der Waals surface area (Å²) in [6, 6.07) is 2.76. The first kappa shape index (κ1) is 14.3. The van der Waals surface area contributed by atoms with E-state index < -0.39 is 0 Å². The Bertz CT molecular complexity index is 440. The molecule has 1 aromatic rings. The minimum Gasteiger partial charge on any atom is -0.356 e. The van der Waals surface area contributed by atoms with Crippen molar-refractivity contribution in [3.63, 3.8) is 0 Å². The third-order valence-electron chi connectivity index (χ3n) is 4.49. The van der Waals surface area contributed by atoms with Crippen molar-refractivity contribution in [2.45, 2.75) is 59.0 Å². The SMILES string of the molecule is CC(C)C(C)N(C)c1nc2c(cc1CN)CCCC2. The van der Waals surface area contributed by atoms with Crippen LogP contribution in [-0.2, 0) is 19.4 Å². The molecular weight excluding hydrogens is 234 g/mol. The van der Waals surface area contributed by atoms with Crippen molar-refractivity contribution in [2.75, 3.05) is 11.9 Å². The number of aromatic nitrogens is 1. The summed E-state index contributed by atoms with van der Waals surface area (Å²) in [5, 5.41) is 0. The average molecular weight is 261 g/mol. The van der Waals surface area contributed by atoms with Crippen molar-refractivity contribution in [3.05, 3.63) is 22.9 Å². The zero-order valence-corrected chi connectivity index (χ0v) is 12.7. The highest BCUT2D eigenvalue weighted by Gasteiger charge is 2.20. The monoisotopic (exact) mass is 261 g/mol. The molecule has 3 nitrogen and oxygen atoms in total. The maximum Gasteiger partial charge on any atom is 0.133 e. The summed E-state index contributed by atoms with van der Waals surface area (Å²) >= 11 is 0. The Morgan fingerprint density at radius 2 is 1.95 bits per heavy atom. The molecule has 1 heterocycles. The summed E-state index contributed by atoms with van der Waals surface area (Å²) in [6.07, 6.45) is 4.84. The van der Waals surface area contributed by atoms with Crippen LogP contribution in [0.4, 0.5) is 5.82 Å². The minimum atomic E-state index is 0.472. The number of aryl methyl sites for hydroxylation is 2. The van der Waals surface area contributed by atoms with Crippen LogP contribution in [-0.4, -0.2) is 18.1 Å². The number of hydrogen-bond donors (Lipinski definition) is 1. The normalized spacial score (nSPS) is 16.3. The fourth-order valence-corrected chi connectivity index (χ4v) is 2.77. The molecule has 2 N–H and O–H groups in total. The van der Waals surface area contributed by atoms with Crippen LogP contribution in [0.3, 0.4) is 0 Å². The van der Waals surface area contributed by atoms with Crippen molar-refractivity contribution in [1.29, 1.82) is 0 Å². The Kier molecular flexibility index (Phi) is 4.46. The number of fused-ring (bicyclic) bond motifs is 1. The molecule has 0 aromatic carbocycles. The van der Waals surface area contributed by atoms with Gasteiger partial charge in [-0.1, -0.05) is 13.8 Å². The number of anilines is 1. The van der Waals surface area contributed by atoms with Crippen LogP contribution in [0.1, 0.15) is 50.4 Å². The molecule has 0 radical (unpaired) electrons. The Morgan fingerprint density at radius 1 is 1.26 bits per heavy atom. The van der Waals surface area contributed by atoms with Gasteiger partial charge in [0.25, 0.3) is 0 Å². The summed E-state index contributed by atoms with van der Waals surface area (Å²) in [7, 11) is 2.14. The third kappa shape index (κ3) is 2.92. The van der Waals surface area contributed by atoms with Gasteiger partial charge in [0.05, 0.1) is 0 Å². The Morgan fingerprint density at radius 3 is 2.58 bits per heavy atom. The number of nitrogens with zero attached hydrogens (tertiary/aromatic N) is 2. The number of hydrogen-bond acceptors (Lipinski definition) is 3. The van der Waals surface area contributed by atoms with E-state index in [0.717, 1.165) is 12.2 Å². The lowest BCUT2D eigenvalue weighted by molar-refractivity contribution is 0.500. The molecule has 1 aliphatic carbocycles. The first-order chi connectivity index (χ1) is 9.04. The van der Waals surface area contributed by atoms with Crippen LogP contribution in [0.15, 0.2) is 6.07 Å². The smallest absolute Gasteiger partial charge is 0.133 e. The van der Waals surface area contributed by atoms with Crippen LogP contribution < -0.4 is 10.6 Å². The Labute approximate surface area is 117 Å². The highest BCUT2D eigenvalue weighted by Crippen LogP contribution is 2.28. The molecule has 0 bridgehead atoms. The van der Waals surface area contributed by atoms with E-state index in [9.17, 15) is 0 Å². The van der Waals surface area contributed by atoms with Gasteiger partial charge in [0.1, 0.15) is 5.82 Å². The standard InChI is InChI=1S/C16H27N3/c1-11(2)12(3)19(4)16-14(10-17)9-13-7-5-6-8-15(13)18-16/h9,11-12H,5-8,10,17H2,1-4H3. The molecule has 0 amide bonds. The van der Waals surface area contributed by atoms with Crippen LogP contribution >= 0.6 is 0 Å². The van der Waals surface area contributed by atoms with Gasteiger partial charge in [-0.3, -0.25) is 0 Å². The minimum absolute atomic E-state index is 0.472. The molecule has 0 spiro atoms. The maximum absolute atomic E-state index is 5.93. The molecule has 2 rings (SSSR count). The first-order valence-electron chi connectivity index (χ1n) is 7.49. The average Bonchev–Trinajstić information content (AvgIpc) is 2.44. The molecule has 0 saturated carbocycles. The lowest BCUT2D eigenvalue weighted by Crippen LogP contribution is -2.35. The fourth-order valence-electron chi connectivity index (χ4n) is 2.77. The Balaban J connectivity index is 2.38. The van der Waals surface area contributed by atoms with Gasteiger partial charge in [0.2, 0.25) is 0 Å². The van der Waals surface area contributed by atoms with Crippen molar-refractivity contribution < 1.29 is 0 Å². The van der Waals surface area contributed by atoms with E-state index in [-0.39, 0.29) is 0 Å². The largest absolute Gasteiger partial charge is 0.356 e. The van der Waals surface area contributed by atoms with Gasteiger partial charge < -0.3 is 10.6 Å². The predicted octanol–water partition coefficient (Wildman–Crippen LogP) is 2.90. The summed E-state index contributed by atoms with van der Waals surface area (Å²) in [6.45, 7) is 7.33. The van der Waals surface area contributed by atoms with E-state index in [0.29, 0.717) is 18.5 Å². The summed E-state index contributed by atoms with van der Waals surface area (Å²) < 4.78 is 0. The molecule has 1 aromatic heterocycles. The van der Waals surface area contributed by atoms with Crippen molar-refractivity contribution in [3.8, 4) is 0 Å². The zero-order chi connectivity index (χ0) is 14.0. The highest BCUT2D eigenvalue weighted by atomic mass is 15.2. The molecule has 0 saturated heterocycles. The van der Waals surface area contributed by atoms with Gasteiger partial charge >= 0.3 is 0 Å². The highest BCUT2D eigenvalue weighted by molar-refractivity contribution is 5.50. The van der Waals surface area contributed by atoms with Gasteiger partial charge in [0.15, 0.2) is 0 Å². The third-order valence-corrected chi connectivity index (χ3v) is 4.49. The molecule has 1 aliphatic rings. The number of rotatable bonds is 4. The lowest BCUT2D eigenvalue weighted by atomic mass is 9.94. The van der Waals surface area contributed by atoms with Gasteiger partial charge in [-0.2, -0.15) is 0 Å². The molecule has 1 unspecified atom stereocenters. The topological polar surface area (TPSA) is 42.2 Å². The second-order valence-electron chi connectivity index (χ2n) is 6.08. The van der Waals surface area contributed by atoms with E-state index in [1.807, 2.05) is 0 Å². The predicted molar refractivity (Wildman–Crippen MR) is 81.5 cm³/mol. The second kappa shape index (κ2) is 5.91. The summed E-state index contributed by atoms with van der Waals surface area (Å²) in [5.41, 5.74) is 9.83. The number of nitrogens with two attached hydrogens (primary N) is 1. The van der Waals surface area contributed by atoms with Crippen LogP contribution in [0.5, 0.6) is 0 Å². The Hall–Kier alpha value is -1.09. The van der Waals surface area contributed by atoms with Gasteiger partial charge in [-0.05, 0) is 50.2 Å². The second-order valence-corrected chi connectivity index (χ2v) is 6.08. The van der Waals surface area contributed by atoms with Gasteiger partial charge in [0, 0.05) is 30.9 Å². The van der Waals surface area contributed by atoms with Crippen LogP contribution in [0.2, 0.25) is 0 Å². The van der Waals surface area contributed by atoms with E-state index >= 15 is 0 Å². The zero-order valence-electron chi connectivity index (χ0n) is 12.7. The van der Waals surface area contributed by atoms with Gasteiger partial charge in [-0.15, -0.1) is 0 Å². The van der Waals surface area contributed by atoms with Crippen LogP contribution in [0, 0.1) is 5.92 Å². The van der Waals surface area contributed by atoms with E-state index in [4.69, 9.17) is 10.7 Å². The first-order valence-corrected chi connectivity index (χ1v) is 7.49. The fraction of sp³-hybridized carbons (Fsp3) is 0.688. The molecule has 106 valence electrons. The maximum atomic E-state index is 5.93. The molecule has 0 fully saturated rings. The number of pyridine rings is 1. The molecular formula is C16H27N3. The van der Waals surface area contributed by atoms with E-state index in [2.05, 4.69) is 38.8 Å². The van der Waals surface area contributed by atoms with E-state index in [1.54, 1.807) is 0 Å². The lowest BCUT2D eigenvalue weighted by Gasteiger charge is -2.31. The molecule has 19 heavy (non-hydrogen) atoms. The molecule has 1 atom stereocenters. The van der Waals surface area contributed by atoms with E-state index in [1.165, 1.54) is 36.1 Å². The van der Waals surface area contributed by atoms with Crippen molar-refractivity contribution >= 4 is 5.82 Å². The van der Waals surface area contributed by atoms with Crippen LogP contribution in [0.25, 0.3) is 0 Å². The summed E-state index contributed by atoms with van der Waals surface area (Å²) in [5.74, 6) is 1.69. The quantitative estimate of drug-likeness (QED) is 0.906. The van der Waals surface area contributed by atoms with Gasteiger partial charge in [-0.25, -0.2) is 4.98 Å². The van der Waals surface area contributed by atoms with Crippen molar-refractivity contribution in [2.24, 2.45) is 11.7 Å².